The van der Waals surface area contributed by atoms with Crippen molar-refractivity contribution in [3.63, 3.8) is 0 Å². The summed E-state index contributed by atoms with van der Waals surface area (Å²) in [6.45, 7) is 7.30. The maximum atomic E-state index is 6.01. The lowest BCUT2D eigenvalue weighted by Crippen LogP contribution is -2.56. The molecule has 1 heterocycles. The van der Waals surface area contributed by atoms with Gasteiger partial charge in [0.05, 0.1) is 0 Å². The first kappa shape index (κ1) is 10.4. The summed E-state index contributed by atoms with van der Waals surface area (Å²) < 4.78 is 0. The largest absolute Gasteiger partial charge is 0.326 e. The molecule has 0 bridgehead atoms. The van der Waals surface area contributed by atoms with Gasteiger partial charge in [-0.15, -0.1) is 0 Å². The van der Waals surface area contributed by atoms with E-state index in [1.165, 1.54) is 38.8 Å². The maximum Gasteiger partial charge on any atom is 0.0247 e. The second kappa shape index (κ2) is 4.19. The molecule has 0 amide bonds. The number of likely N-dealkylation sites (tertiary alicyclic amines) is 1. The Morgan fingerprint density at radius 1 is 1.07 bits per heavy atom. The van der Waals surface area contributed by atoms with E-state index in [4.69, 9.17) is 5.73 Å². The minimum Gasteiger partial charge on any atom is -0.326 e. The molecule has 1 aliphatic carbocycles. The Bertz CT molecular complexity index is 183. The zero-order valence-corrected chi connectivity index (χ0v) is 9.58. The molecule has 0 aromatic carbocycles. The molecule has 1 aliphatic heterocycles. The predicted octanol–water partition coefficient (Wildman–Crippen LogP) is 1.84. The molecule has 2 aliphatic rings. The summed E-state index contributed by atoms with van der Waals surface area (Å²) >= 11 is 0. The van der Waals surface area contributed by atoms with E-state index in [9.17, 15) is 0 Å². The van der Waals surface area contributed by atoms with Crippen LogP contribution in [0.2, 0.25) is 0 Å². The van der Waals surface area contributed by atoms with Gasteiger partial charge in [-0.1, -0.05) is 13.8 Å². The average molecular weight is 196 g/mol. The Morgan fingerprint density at radius 3 is 2.07 bits per heavy atom. The number of hydrogen-bond acceptors (Lipinski definition) is 2. The lowest BCUT2D eigenvalue weighted by atomic mass is 9.81. The summed E-state index contributed by atoms with van der Waals surface area (Å²) in [5.41, 5.74) is 6.01. The van der Waals surface area contributed by atoms with Crippen LogP contribution >= 0.6 is 0 Å². The van der Waals surface area contributed by atoms with Crippen LogP contribution in [0.5, 0.6) is 0 Å². The van der Waals surface area contributed by atoms with Crippen molar-refractivity contribution in [1.29, 1.82) is 0 Å². The van der Waals surface area contributed by atoms with Crippen molar-refractivity contribution in [3.8, 4) is 0 Å². The molecule has 2 heteroatoms. The molecular weight excluding hydrogens is 172 g/mol. The Morgan fingerprint density at radius 2 is 1.71 bits per heavy atom. The van der Waals surface area contributed by atoms with E-state index in [1.54, 1.807) is 0 Å². The van der Waals surface area contributed by atoms with Crippen molar-refractivity contribution in [2.75, 3.05) is 13.1 Å². The summed E-state index contributed by atoms with van der Waals surface area (Å²) in [6.07, 6.45) is 5.37. The van der Waals surface area contributed by atoms with Crippen molar-refractivity contribution >= 4 is 0 Å². The first-order valence-corrected chi connectivity index (χ1v) is 6.18. The Labute approximate surface area is 87.8 Å². The van der Waals surface area contributed by atoms with Gasteiger partial charge in [0.25, 0.3) is 0 Å². The number of rotatable bonds is 2. The van der Waals surface area contributed by atoms with Crippen LogP contribution in [0.1, 0.15) is 39.5 Å². The standard InChI is InChI=1S/C12H24N2/c1-9(2)10-5-7-14(8-6-10)12-4-3-11(12)13/h9-12H,3-8,13H2,1-2H3/t11?,12-/m1/s1. The summed E-state index contributed by atoms with van der Waals surface area (Å²) in [4.78, 5) is 2.63. The normalized spacial score (nSPS) is 36.0. The minimum atomic E-state index is 0.477. The molecule has 2 fully saturated rings. The summed E-state index contributed by atoms with van der Waals surface area (Å²) in [5, 5.41) is 0. The van der Waals surface area contributed by atoms with Crippen LogP contribution < -0.4 is 5.73 Å². The topological polar surface area (TPSA) is 29.3 Å². The fourth-order valence-electron chi connectivity index (χ4n) is 2.88. The second-order valence-corrected chi connectivity index (χ2v) is 5.43. The van der Waals surface area contributed by atoms with Crippen LogP contribution in [0, 0.1) is 11.8 Å². The second-order valence-electron chi connectivity index (χ2n) is 5.43. The van der Waals surface area contributed by atoms with Gasteiger partial charge < -0.3 is 5.73 Å². The monoisotopic (exact) mass is 196 g/mol. The predicted molar refractivity (Wildman–Crippen MR) is 60.1 cm³/mol. The molecule has 14 heavy (non-hydrogen) atoms. The first-order chi connectivity index (χ1) is 6.68. The van der Waals surface area contributed by atoms with Gasteiger partial charge >= 0.3 is 0 Å². The lowest BCUT2D eigenvalue weighted by Gasteiger charge is -2.46. The van der Waals surface area contributed by atoms with Crippen molar-refractivity contribution in [3.05, 3.63) is 0 Å². The van der Waals surface area contributed by atoms with E-state index in [2.05, 4.69) is 18.7 Å². The average Bonchev–Trinajstić information content (AvgIpc) is 2.16. The van der Waals surface area contributed by atoms with Gasteiger partial charge in [-0.05, 0) is 50.6 Å². The highest BCUT2D eigenvalue weighted by molar-refractivity contribution is 4.93. The van der Waals surface area contributed by atoms with E-state index in [-0.39, 0.29) is 0 Å². The molecule has 0 radical (unpaired) electrons. The number of piperidine rings is 1. The molecule has 2 rings (SSSR count). The SMILES string of the molecule is CC(C)C1CCN([C@@H]2CCC2N)CC1. The quantitative estimate of drug-likeness (QED) is 0.730. The van der Waals surface area contributed by atoms with Crippen molar-refractivity contribution < 1.29 is 0 Å². The molecule has 0 aromatic rings. The molecule has 2 atom stereocenters. The van der Waals surface area contributed by atoms with Gasteiger partial charge in [0.15, 0.2) is 0 Å². The smallest absolute Gasteiger partial charge is 0.0247 e. The molecule has 0 spiro atoms. The molecule has 82 valence electrons. The fraction of sp³-hybridized carbons (Fsp3) is 1.00. The van der Waals surface area contributed by atoms with Crippen LogP contribution in [-0.4, -0.2) is 30.1 Å². The first-order valence-electron chi connectivity index (χ1n) is 6.18. The Hall–Kier alpha value is -0.0800. The van der Waals surface area contributed by atoms with Gasteiger partial charge in [-0.2, -0.15) is 0 Å². The molecule has 1 saturated heterocycles. The van der Waals surface area contributed by atoms with E-state index in [0.29, 0.717) is 6.04 Å². The van der Waals surface area contributed by atoms with Crippen LogP contribution in [0.3, 0.4) is 0 Å². The summed E-state index contributed by atoms with van der Waals surface area (Å²) in [7, 11) is 0. The van der Waals surface area contributed by atoms with E-state index >= 15 is 0 Å². The summed E-state index contributed by atoms with van der Waals surface area (Å²) in [5.74, 6) is 1.83. The maximum absolute atomic E-state index is 6.01. The fourth-order valence-corrected chi connectivity index (χ4v) is 2.88. The van der Waals surface area contributed by atoms with Crippen LogP contribution in [-0.2, 0) is 0 Å². The lowest BCUT2D eigenvalue weighted by molar-refractivity contribution is 0.0585. The molecular formula is C12H24N2. The zero-order valence-electron chi connectivity index (χ0n) is 9.58. The van der Waals surface area contributed by atoms with Gasteiger partial charge in [0.2, 0.25) is 0 Å². The van der Waals surface area contributed by atoms with Crippen LogP contribution in [0.4, 0.5) is 0 Å². The van der Waals surface area contributed by atoms with Crippen LogP contribution in [0.15, 0.2) is 0 Å². The highest BCUT2D eigenvalue weighted by atomic mass is 15.2. The van der Waals surface area contributed by atoms with E-state index in [1.807, 2.05) is 0 Å². The van der Waals surface area contributed by atoms with Gasteiger partial charge in [0.1, 0.15) is 0 Å². The Balaban J connectivity index is 1.78. The van der Waals surface area contributed by atoms with Gasteiger partial charge in [-0.25, -0.2) is 0 Å². The minimum absolute atomic E-state index is 0.477. The van der Waals surface area contributed by atoms with Crippen molar-refractivity contribution in [2.45, 2.75) is 51.6 Å². The van der Waals surface area contributed by atoms with Crippen LogP contribution in [0.25, 0.3) is 0 Å². The molecule has 2 N–H and O–H groups in total. The number of nitrogens with zero attached hydrogens (tertiary/aromatic N) is 1. The van der Waals surface area contributed by atoms with Crippen molar-refractivity contribution in [1.82, 2.24) is 4.90 Å². The highest BCUT2D eigenvalue weighted by Crippen LogP contribution is 2.30. The van der Waals surface area contributed by atoms with Gasteiger partial charge in [0, 0.05) is 12.1 Å². The third kappa shape index (κ3) is 1.96. The third-order valence-electron chi connectivity index (χ3n) is 4.28. The number of hydrogen-bond donors (Lipinski definition) is 1. The molecule has 1 unspecified atom stereocenters. The summed E-state index contributed by atoms with van der Waals surface area (Å²) in [6, 6.07) is 1.20. The van der Waals surface area contributed by atoms with Crippen molar-refractivity contribution in [2.24, 2.45) is 17.6 Å². The molecule has 0 aromatic heterocycles. The molecule has 1 saturated carbocycles. The number of nitrogens with two attached hydrogens (primary N) is 1. The molecule has 2 nitrogen and oxygen atoms in total. The van der Waals surface area contributed by atoms with Gasteiger partial charge in [-0.3, -0.25) is 4.90 Å². The third-order valence-corrected chi connectivity index (χ3v) is 4.28. The Kier molecular flexibility index (Phi) is 3.13. The highest BCUT2D eigenvalue weighted by Gasteiger charge is 2.34. The zero-order chi connectivity index (χ0) is 10.1. The van der Waals surface area contributed by atoms with E-state index < -0.39 is 0 Å². The van der Waals surface area contributed by atoms with E-state index in [0.717, 1.165) is 17.9 Å².